The van der Waals surface area contributed by atoms with E-state index in [2.05, 4.69) is 0 Å². The van der Waals surface area contributed by atoms with Crippen LogP contribution in [0.4, 0.5) is 5.69 Å². The molecule has 1 aliphatic rings. The van der Waals surface area contributed by atoms with E-state index in [0.29, 0.717) is 5.69 Å². The zero-order chi connectivity index (χ0) is 19.4. The summed E-state index contributed by atoms with van der Waals surface area (Å²) in [6, 6.07) is 6.54. The number of ether oxygens (including phenoxy) is 4. The molecule has 0 radical (unpaired) electrons. The van der Waals surface area contributed by atoms with Crippen molar-refractivity contribution in [1.29, 1.82) is 0 Å². The van der Waals surface area contributed by atoms with Gasteiger partial charge >= 0.3 is 17.9 Å². The van der Waals surface area contributed by atoms with Crippen LogP contribution in [0.15, 0.2) is 24.3 Å². The number of rotatable bonds is 5. The highest BCUT2D eigenvalue weighted by atomic mass is 16.7. The largest absolute Gasteiger partial charge is 0.479 e. The highest BCUT2D eigenvalue weighted by molar-refractivity contribution is 5.75. The molecule has 9 heteroatoms. The van der Waals surface area contributed by atoms with Crippen molar-refractivity contribution in [2.24, 2.45) is 5.92 Å². The number of esters is 2. The lowest BCUT2D eigenvalue weighted by Crippen LogP contribution is -2.59. The first-order valence-corrected chi connectivity index (χ1v) is 7.94. The monoisotopic (exact) mass is 367 g/mol. The molecular formula is C17H21NO8. The molecule has 142 valence electrons. The highest BCUT2D eigenvalue weighted by Crippen LogP contribution is 2.33. The Morgan fingerprint density at radius 3 is 2.19 bits per heavy atom. The van der Waals surface area contributed by atoms with Gasteiger partial charge in [-0.25, -0.2) is 4.79 Å². The zero-order valence-electron chi connectivity index (χ0n) is 14.6. The first kappa shape index (κ1) is 19.5. The van der Waals surface area contributed by atoms with Gasteiger partial charge in [-0.2, -0.15) is 0 Å². The van der Waals surface area contributed by atoms with Crippen molar-refractivity contribution >= 4 is 23.6 Å². The van der Waals surface area contributed by atoms with Crippen molar-refractivity contribution in [3.63, 3.8) is 0 Å². The number of hydrogen-bond acceptors (Lipinski definition) is 8. The van der Waals surface area contributed by atoms with E-state index in [9.17, 15) is 19.5 Å². The number of carboxylic acids is 1. The number of carbonyl (C=O) groups excluding carboxylic acids is 2. The molecule has 26 heavy (non-hydrogen) atoms. The first-order valence-electron chi connectivity index (χ1n) is 7.94. The Kier molecular flexibility index (Phi) is 6.04. The van der Waals surface area contributed by atoms with Crippen molar-refractivity contribution in [2.45, 2.75) is 45.4 Å². The SMILES string of the molecule is CC(=O)O[C@H]1[C@H](Oc2ccccc2N)O[C@H](C(=O)O)[C@@H](OC(C)=O)[C@@H]1C. The Morgan fingerprint density at radius 2 is 1.65 bits per heavy atom. The normalized spacial score (nSPS) is 28.0. The smallest absolute Gasteiger partial charge is 0.336 e. The summed E-state index contributed by atoms with van der Waals surface area (Å²) in [5.41, 5.74) is 6.14. The third-order valence-electron chi connectivity index (χ3n) is 3.89. The van der Waals surface area contributed by atoms with Gasteiger partial charge in [0.05, 0.1) is 5.69 Å². The van der Waals surface area contributed by atoms with Crippen LogP contribution >= 0.6 is 0 Å². The number of carbonyl (C=O) groups is 3. The molecule has 1 saturated heterocycles. The van der Waals surface area contributed by atoms with E-state index in [4.69, 9.17) is 24.7 Å². The van der Waals surface area contributed by atoms with Crippen molar-refractivity contribution in [1.82, 2.24) is 0 Å². The van der Waals surface area contributed by atoms with Crippen LogP contribution in [0.2, 0.25) is 0 Å². The van der Waals surface area contributed by atoms with Gasteiger partial charge in [-0.3, -0.25) is 9.59 Å². The maximum Gasteiger partial charge on any atom is 0.336 e. The number of hydrogen-bond donors (Lipinski definition) is 2. The summed E-state index contributed by atoms with van der Waals surface area (Å²) >= 11 is 0. The number of nitrogens with two attached hydrogens (primary N) is 1. The fourth-order valence-electron chi connectivity index (χ4n) is 2.73. The maximum atomic E-state index is 11.6. The molecule has 0 aromatic heterocycles. The molecule has 1 aromatic rings. The summed E-state index contributed by atoms with van der Waals surface area (Å²) in [6.07, 6.45) is -4.89. The average molecular weight is 367 g/mol. The fraction of sp³-hybridized carbons (Fsp3) is 0.471. The molecule has 0 saturated carbocycles. The second kappa shape index (κ2) is 8.05. The Morgan fingerprint density at radius 1 is 1.08 bits per heavy atom. The van der Waals surface area contributed by atoms with Crippen LogP contribution < -0.4 is 10.5 Å². The predicted molar refractivity (Wildman–Crippen MR) is 88.1 cm³/mol. The van der Waals surface area contributed by atoms with Crippen LogP contribution in [-0.2, 0) is 28.6 Å². The minimum atomic E-state index is -1.49. The lowest BCUT2D eigenvalue weighted by Gasteiger charge is -2.42. The topological polar surface area (TPSA) is 134 Å². The molecule has 0 spiro atoms. The van der Waals surface area contributed by atoms with Crippen LogP contribution in [0.25, 0.3) is 0 Å². The number of carboxylic acid groups (broad SMARTS) is 1. The zero-order valence-corrected chi connectivity index (χ0v) is 14.6. The van der Waals surface area contributed by atoms with E-state index >= 15 is 0 Å². The van der Waals surface area contributed by atoms with Crippen LogP contribution in [0, 0.1) is 5.92 Å². The van der Waals surface area contributed by atoms with Gasteiger partial charge in [0, 0.05) is 19.8 Å². The third-order valence-corrected chi connectivity index (χ3v) is 3.89. The molecule has 0 amide bonds. The highest BCUT2D eigenvalue weighted by Gasteiger charge is 2.51. The van der Waals surface area contributed by atoms with Gasteiger partial charge < -0.3 is 29.8 Å². The molecule has 9 nitrogen and oxygen atoms in total. The summed E-state index contributed by atoms with van der Waals surface area (Å²) in [5, 5.41) is 9.44. The van der Waals surface area contributed by atoms with Gasteiger partial charge in [-0.15, -0.1) is 0 Å². The van der Waals surface area contributed by atoms with Gasteiger partial charge in [0.2, 0.25) is 6.29 Å². The first-order chi connectivity index (χ1) is 12.2. The van der Waals surface area contributed by atoms with Gasteiger partial charge in [-0.05, 0) is 12.1 Å². The molecular weight excluding hydrogens is 346 g/mol. The van der Waals surface area contributed by atoms with Crippen LogP contribution in [-0.4, -0.2) is 47.6 Å². The van der Waals surface area contributed by atoms with Crippen molar-refractivity contribution in [2.75, 3.05) is 5.73 Å². The van der Waals surface area contributed by atoms with Crippen molar-refractivity contribution in [3.05, 3.63) is 24.3 Å². The summed E-state index contributed by atoms with van der Waals surface area (Å²) in [7, 11) is 0. The average Bonchev–Trinajstić information content (AvgIpc) is 2.54. The summed E-state index contributed by atoms with van der Waals surface area (Å²) < 4.78 is 21.5. The fourth-order valence-corrected chi connectivity index (χ4v) is 2.73. The molecule has 1 fully saturated rings. The van der Waals surface area contributed by atoms with E-state index in [0.717, 1.165) is 6.92 Å². The summed E-state index contributed by atoms with van der Waals surface area (Å²) in [5.74, 6) is -3.08. The minimum Gasteiger partial charge on any atom is -0.479 e. The lowest BCUT2D eigenvalue weighted by molar-refractivity contribution is -0.264. The van der Waals surface area contributed by atoms with E-state index < -0.39 is 48.4 Å². The molecule has 1 aliphatic heterocycles. The maximum absolute atomic E-state index is 11.6. The number of anilines is 1. The van der Waals surface area contributed by atoms with E-state index in [1.807, 2.05) is 0 Å². The van der Waals surface area contributed by atoms with E-state index in [1.165, 1.54) is 6.92 Å². The quantitative estimate of drug-likeness (QED) is 0.576. The molecule has 0 bridgehead atoms. The summed E-state index contributed by atoms with van der Waals surface area (Å²) in [6.45, 7) is 3.94. The Bertz CT molecular complexity index is 691. The third kappa shape index (κ3) is 4.42. The van der Waals surface area contributed by atoms with Gasteiger partial charge in [0.25, 0.3) is 0 Å². The number of aliphatic carboxylic acids is 1. The van der Waals surface area contributed by atoms with Gasteiger partial charge in [0.1, 0.15) is 11.9 Å². The molecule has 3 N–H and O–H groups in total. The second-order valence-corrected chi connectivity index (χ2v) is 5.93. The van der Waals surface area contributed by atoms with Crippen LogP contribution in [0.1, 0.15) is 20.8 Å². The Hall–Kier alpha value is -2.81. The molecule has 1 heterocycles. The lowest BCUT2D eigenvalue weighted by atomic mass is 9.90. The minimum absolute atomic E-state index is 0.247. The molecule has 0 unspecified atom stereocenters. The van der Waals surface area contributed by atoms with Crippen LogP contribution in [0.5, 0.6) is 5.75 Å². The number of para-hydroxylation sites is 2. The Balaban J connectivity index is 2.34. The molecule has 0 aliphatic carbocycles. The molecule has 5 atom stereocenters. The predicted octanol–water partition coefficient (Wildman–Crippen LogP) is 0.957. The molecule has 2 rings (SSSR count). The standard InChI is InChI=1S/C17H21NO8/c1-8-13(23-9(2)19)15(16(21)22)26-17(14(8)24-10(3)20)25-12-7-5-4-6-11(12)18/h4-8,13-15,17H,18H2,1-3H3,(H,21,22)/t8-,13-,14+,15-,17+/m0/s1. The Labute approximate surface area is 150 Å². The summed E-state index contributed by atoms with van der Waals surface area (Å²) in [4.78, 5) is 34.4. The van der Waals surface area contributed by atoms with Crippen molar-refractivity contribution < 1.29 is 38.4 Å². The van der Waals surface area contributed by atoms with Gasteiger partial charge in [-0.1, -0.05) is 19.1 Å². The van der Waals surface area contributed by atoms with Gasteiger partial charge in [0.15, 0.2) is 12.2 Å². The van der Waals surface area contributed by atoms with E-state index in [1.54, 1.807) is 31.2 Å². The second-order valence-electron chi connectivity index (χ2n) is 5.93. The molecule has 1 aromatic carbocycles. The number of nitrogen functional groups attached to an aromatic ring is 1. The van der Waals surface area contributed by atoms with E-state index in [-0.39, 0.29) is 5.75 Å². The number of benzene rings is 1. The van der Waals surface area contributed by atoms with Crippen LogP contribution in [0.3, 0.4) is 0 Å². The van der Waals surface area contributed by atoms with Crippen molar-refractivity contribution in [3.8, 4) is 5.75 Å².